The molecule has 0 bridgehead atoms. The van der Waals surface area contributed by atoms with Crippen molar-refractivity contribution >= 4 is 10.8 Å². The van der Waals surface area contributed by atoms with E-state index in [2.05, 4.69) is 52.3 Å². The third-order valence-electron chi connectivity index (χ3n) is 6.21. The van der Waals surface area contributed by atoms with E-state index in [-0.39, 0.29) is 0 Å². The lowest BCUT2D eigenvalue weighted by Crippen LogP contribution is -2.48. The number of hydrogen-bond acceptors (Lipinski definition) is 2. The lowest BCUT2D eigenvalue weighted by molar-refractivity contribution is 0.0964. The van der Waals surface area contributed by atoms with Crippen molar-refractivity contribution in [1.82, 2.24) is 9.80 Å². The van der Waals surface area contributed by atoms with Crippen LogP contribution in [-0.2, 0) is 6.42 Å². The first-order valence-electron chi connectivity index (χ1n) is 10.3. The molecule has 1 unspecified atom stereocenters. The molecule has 0 saturated carbocycles. The van der Waals surface area contributed by atoms with Crippen LogP contribution >= 0.6 is 0 Å². The fourth-order valence-corrected chi connectivity index (χ4v) is 4.78. The zero-order valence-electron chi connectivity index (χ0n) is 15.5. The van der Waals surface area contributed by atoms with Gasteiger partial charge in [0.1, 0.15) is 0 Å². The Hall–Kier alpha value is -1.38. The molecule has 2 aliphatic rings. The normalized spacial score (nSPS) is 23.1. The number of fused-ring (bicyclic) bond motifs is 1. The molecular weight excluding hydrogens is 304 g/mol. The van der Waals surface area contributed by atoms with Gasteiger partial charge in [0.25, 0.3) is 0 Å². The summed E-state index contributed by atoms with van der Waals surface area (Å²) in [7, 11) is 0. The van der Waals surface area contributed by atoms with Crippen LogP contribution in [0.4, 0.5) is 0 Å². The minimum atomic E-state index is 0.779. The summed E-state index contributed by atoms with van der Waals surface area (Å²) < 4.78 is 0. The molecule has 1 atom stereocenters. The molecule has 134 valence electrons. The SMILES string of the molecule is c1ccc2c(CCN3CCCCC3CN3CCCCC3)cccc2c1. The van der Waals surface area contributed by atoms with Gasteiger partial charge in [-0.05, 0) is 68.1 Å². The predicted octanol–water partition coefficient (Wildman–Crippen LogP) is 4.72. The highest BCUT2D eigenvalue weighted by Crippen LogP contribution is 2.23. The van der Waals surface area contributed by atoms with Crippen LogP contribution in [0.15, 0.2) is 42.5 Å². The Bertz CT molecular complexity index is 669. The maximum absolute atomic E-state index is 2.79. The van der Waals surface area contributed by atoms with Crippen LogP contribution in [0.5, 0.6) is 0 Å². The van der Waals surface area contributed by atoms with Gasteiger partial charge in [-0.25, -0.2) is 0 Å². The quantitative estimate of drug-likeness (QED) is 0.779. The number of piperidine rings is 2. The summed E-state index contributed by atoms with van der Waals surface area (Å²) in [6, 6.07) is 16.4. The first kappa shape index (κ1) is 17.1. The standard InChI is InChI=1S/C23H32N2/c1-5-15-24(16-6-1)19-22-12-4-7-17-25(22)18-14-21-11-8-10-20-9-2-3-13-23(20)21/h2-3,8-11,13,22H,1,4-7,12,14-19H2. The molecule has 2 aromatic rings. The minimum Gasteiger partial charge on any atom is -0.302 e. The van der Waals surface area contributed by atoms with Gasteiger partial charge >= 0.3 is 0 Å². The third kappa shape index (κ3) is 4.24. The largest absolute Gasteiger partial charge is 0.302 e. The van der Waals surface area contributed by atoms with Gasteiger partial charge < -0.3 is 4.90 Å². The van der Waals surface area contributed by atoms with Crippen LogP contribution in [0.25, 0.3) is 10.8 Å². The summed E-state index contributed by atoms with van der Waals surface area (Å²) in [4.78, 5) is 5.52. The Kier molecular flexibility index (Phi) is 5.68. The van der Waals surface area contributed by atoms with Crippen LogP contribution in [0.2, 0.25) is 0 Å². The molecule has 0 aromatic heterocycles. The van der Waals surface area contributed by atoms with E-state index in [4.69, 9.17) is 0 Å². The maximum Gasteiger partial charge on any atom is 0.0223 e. The van der Waals surface area contributed by atoms with Gasteiger partial charge in [-0.2, -0.15) is 0 Å². The lowest BCUT2D eigenvalue weighted by Gasteiger charge is -2.39. The molecule has 0 spiro atoms. The van der Waals surface area contributed by atoms with Gasteiger partial charge in [0.05, 0.1) is 0 Å². The summed E-state index contributed by atoms with van der Waals surface area (Å²) in [6.07, 6.45) is 9.62. The molecular formula is C23H32N2. The van der Waals surface area contributed by atoms with E-state index in [0.29, 0.717) is 0 Å². The second-order valence-corrected chi connectivity index (χ2v) is 7.94. The molecule has 4 rings (SSSR count). The van der Waals surface area contributed by atoms with Gasteiger partial charge in [0.15, 0.2) is 0 Å². The van der Waals surface area contributed by atoms with Crippen molar-refractivity contribution in [2.45, 2.75) is 51.0 Å². The number of hydrogen-bond donors (Lipinski definition) is 0. The zero-order valence-corrected chi connectivity index (χ0v) is 15.5. The first-order valence-corrected chi connectivity index (χ1v) is 10.3. The molecule has 2 heterocycles. The van der Waals surface area contributed by atoms with Gasteiger partial charge in [0, 0.05) is 19.1 Å². The highest BCUT2D eigenvalue weighted by molar-refractivity contribution is 5.85. The Morgan fingerprint density at radius 2 is 1.60 bits per heavy atom. The van der Waals surface area contributed by atoms with Crippen molar-refractivity contribution in [2.75, 3.05) is 32.7 Å². The van der Waals surface area contributed by atoms with Crippen molar-refractivity contribution in [3.63, 3.8) is 0 Å². The molecule has 0 aliphatic carbocycles. The van der Waals surface area contributed by atoms with E-state index in [1.54, 1.807) is 0 Å². The van der Waals surface area contributed by atoms with Crippen LogP contribution in [0.1, 0.15) is 44.1 Å². The molecule has 2 aliphatic heterocycles. The molecule has 2 fully saturated rings. The molecule has 2 nitrogen and oxygen atoms in total. The van der Waals surface area contributed by atoms with E-state index in [0.717, 1.165) is 6.04 Å². The second kappa shape index (κ2) is 8.33. The van der Waals surface area contributed by atoms with E-state index >= 15 is 0 Å². The Balaban J connectivity index is 1.40. The number of likely N-dealkylation sites (tertiary alicyclic amines) is 2. The highest BCUT2D eigenvalue weighted by atomic mass is 15.2. The molecule has 0 radical (unpaired) electrons. The number of rotatable bonds is 5. The summed E-state index contributed by atoms with van der Waals surface area (Å²) in [5.41, 5.74) is 1.51. The highest BCUT2D eigenvalue weighted by Gasteiger charge is 2.25. The summed E-state index contributed by atoms with van der Waals surface area (Å²) in [6.45, 7) is 6.46. The molecule has 2 heteroatoms. The number of nitrogens with zero attached hydrogens (tertiary/aromatic N) is 2. The molecule has 0 amide bonds. The van der Waals surface area contributed by atoms with Gasteiger partial charge in [-0.1, -0.05) is 55.3 Å². The van der Waals surface area contributed by atoms with E-state index in [1.807, 2.05) is 0 Å². The molecule has 0 N–H and O–H groups in total. The average Bonchev–Trinajstić information content (AvgIpc) is 2.68. The van der Waals surface area contributed by atoms with Crippen molar-refractivity contribution in [3.05, 3.63) is 48.0 Å². The lowest BCUT2D eigenvalue weighted by atomic mass is 9.98. The van der Waals surface area contributed by atoms with Crippen molar-refractivity contribution in [1.29, 1.82) is 0 Å². The third-order valence-corrected chi connectivity index (χ3v) is 6.21. The van der Waals surface area contributed by atoms with Gasteiger partial charge in [0.2, 0.25) is 0 Å². The summed E-state index contributed by atoms with van der Waals surface area (Å²) >= 11 is 0. The Morgan fingerprint density at radius 1 is 0.800 bits per heavy atom. The van der Waals surface area contributed by atoms with E-state index < -0.39 is 0 Å². The maximum atomic E-state index is 2.79. The molecule has 25 heavy (non-hydrogen) atoms. The van der Waals surface area contributed by atoms with Crippen molar-refractivity contribution in [2.24, 2.45) is 0 Å². The predicted molar refractivity (Wildman–Crippen MR) is 107 cm³/mol. The zero-order chi connectivity index (χ0) is 16.9. The summed E-state index contributed by atoms with van der Waals surface area (Å²) in [5.74, 6) is 0. The molecule has 2 saturated heterocycles. The smallest absolute Gasteiger partial charge is 0.0223 e. The second-order valence-electron chi connectivity index (χ2n) is 7.94. The minimum absolute atomic E-state index is 0.779. The fraction of sp³-hybridized carbons (Fsp3) is 0.565. The fourth-order valence-electron chi connectivity index (χ4n) is 4.78. The van der Waals surface area contributed by atoms with Crippen molar-refractivity contribution < 1.29 is 0 Å². The monoisotopic (exact) mass is 336 g/mol. The molecule has 2 aromatic carbocycles. The van der Waals surface area contributed by atoms with Crippen LogP contribution in [0, 0.1) is 0 Å². The Labute approximate surface area is 152 Å². The van der Waals surface area contributed by atoms with Gasteiger partial charge in [-0.3, -0.25) is 4.90 Å². The Morgan fingerprint density at radius 3 is 2.52 bits per heavy atom. The van der Waals surface area contributed by atoms with Crippen LogP contribution < -0.4 is 0 Å². The first-order chi connectivity index (χ1) is 12.4. The van der Waals surface area contributed by atoms with E-state index in [9.17, 15) is 0 Å². The number of benzene rings is 2. The van der Waals surface area contributed by atoms with Crippen molar-refractivity contribution in [3.8, 4) is 0 Å². The van der Waals surface area contributed by atoms with E-state index in [1.165, 1.54) is 94.0 Å². The summed E-state index contributed by atoms with van der Waals surface area (Å²) in [5, 5.41) is 2.82. The average molecular weight is 337 g/mol. The van der Waals surface area contributed by atoms with Crippen LogP contribution in [-0.4, -0.2) is 48.6 Å². The van der Waals surface area contributed by atoms with Crippen LogP contribution in [0.3, 0.4) is 0 Å². The topological polar surface area (TPSA) is 6.48 Å². The van der Waals surface area contributed by atoms with Gasteiger partial charge in [-0.15, -0.1) is 0 Å².